The number of benzene rings is 2. The Morgan fingerprint density at radius 3 is 2.23 bits per heavy atom. The summed E-state index contributed by atoms with van der Waals surface area (Å²) < 4.78 is 18.0. The average molecular weight is 359 g/mol. The van der Waals surface area contributed by atoms with Gasteiger partial charge in [0, 0.05) is 12.1 Å². The Balaban J connectivity index is 1.76. The molecule has 0 saturated heterocycles. The Labute approximate surface area is 149 Å². The van der Waals surface area contributed by atoms with Gasteiger partial charge in [-0.3, -0.25) is 14.4 Å². The maximum absolute atomic E-state index is 12.8. The third-order valence-electron chi connectivity index (χ3n) is 3.31. The summed E-state index contributed by atoms with van der Waals surface area (Å²) in [7, 11) is 0. The number of rotatable bonds is 8. The van der Waals surface area contributed by atoms with Crippen LogP contribution in [0, 0.1) is 5.82 Å². The molecule has 4 N–H and O–H groups in total. The van der Waals surface area contributed by atoms with Crippen LogP contribution in [-0.4, -0.2) is 30.9 Å². The summed E-state index contributed by atoms with van der Waals surface area (Å²) in [6.45, 7) is -0.168. The number of nitrogens with one attached hydrogen (secondary N) is 2. The van der Waals surface area contributed by atoms with Gasteiger partial charge in [-0.15, -0.1) is 0 Å². The van der Waals surface area contributed by atoms with Crippen LogP contribution >= 0.6 is 0 Å². The van der Waals surface area contributed by atoms with E-state index in [0.717, 1.165) is 5.56 Å². The van der Waals surface area contributed by atoms with Crippen molar-refractivity contribution in [1.29, 1.82) is 0 Å². The van der Waals surface area contributed by atoms with Crippen molar-refractivity contribution in [2.75, 3.05) is 13.2 Å². The molecular weight excluding hydrogens is 341 g/mol. The zero-order valence-electron chi connectivity index (χ0n) is 13.8. The maximum atomic E-state index is 12.8. The Hall–Kier alpha value is -3.42. The molecule has 2 aromatic carbocycles. The summed E-state index contributed by atoms with van der Waals surface area (Å²) in [5, 5.41) is 5.05. The highest BCUT2D eigenvalue weighted by atomic mass is 19.1. The first-order valence-corrected chi connectivity index (χ1v) is 7.74. The second-order valence-electron chi connectivity index (χ2n) is 5.37. The Bertz CT molecular complexity index is 776. The maximum Gasteiger partial charge on any atom is 0.258 e. The van der Waals surface area contributed by atoms with E-state index in [4.69, 9.17) is 10.5 Å². The van der Waals surface area contributed by atoms with E-state index in [9.17, 15) is 18.8 Å². The third kappa shape index (κ3) is 6.23. The highest BCUT2D eigenvalue weighted by Crippen LogP contribution is 2.10. The summed E-state index contributed by atoms with van der Waals surface area (Å²) in [5.74, 6) is -1.35. The Morgan fingerprint density at radius 1 is 0.962 bits per heavy atom. The quantitative estimate of drug-likeness (QED) is 0.645. The van der Waals surface area contributed by atoms with Crippen molar-refractivity contribution in [1.82, 2.24) is 10.6 Å². The average Bonchev–Trinajstić information content (AvgIpc) is 2.64. The zero-order valence-corrected chi connectivity index (χ0v) is 13.8. The number of amides is 3. The number of halogens is 1. The van der Waals surface area contributed by atoms with Gasteiger partial charge in [0.25, 0.3) is 11.8 Å². The van der Waals surface area contributed by atoms with Gasteiger partial charge in [0.15, 0.2) is 6.61 Å². The van der Waals surface area contributed by atoms with Crippen molar-refractivity contribution in [3.05, 3.63) is 65.5 Å². The minimum Gasteiger partial charge on any atom is -0.484 e. The van der Waals surface area contributed by atoms with E-state index in [0.29, 0.717) is 11.3 Å². The largest absolute Gasteiger partial charge is 0.484 e. The highest BCUT2D eigenvalue weighted by Gasteiger charge is 2.07. The molecular formula is C18H18FN3O4. The van der Waals surface area contributed by atoms with E-state index < -0.39 is 11.8 Å². The molecule has 0 heterocycles. The van der Waals surface area contributed by atoms with Gasteiger partial charge in [-0.1, -0.05) is 12.1 Å². The minimum atomic E-state index is -0.625. The van der Waals surface area contributed by atoms with Crippen LogP contribution in [0.25, 0.3) is 0 Å². The molecule has 0 unspecified atom stereocenters. The molecule has 8 heteroatoms. The number of carbonyl (C=O) groups is 3. The second kappa shape index (κ2) is 9.16. The predicted molar refractivity (Wildman–Crippen MR) is 91.7 cm³/mol. The fourth-order valence-electron chi connectivity index (χ4n) is 1.97. The van der Waals surface area contributed by atoms with Crippen LogP contribution in [-0.2, 0) is 16.1 Å². The van der Waals surface area contributed by atoms with Crippen LogP contribution in [0.1, 0.15) is 15.9 Å². The summed E-state index contributed by atoms with van der Waals surface area (Å²) in [5.41, 5.74) is 6.12. The van der Waals surface area contributed by atoms with Crippen LogP contribution < -0.4 is 21.1 Å². The van der Waals surface area contributed by atoms with Gasteiger partial charge in [-0.25, -0.2) is 4.39 Å². The van der Waals surface area contributed by atoms with Crippen molar-refractivity contribution >= 4 is 17.7 Å². The topological polar surface area (TPSA) is 111 Å². The van der Waals surface area contributed by atoms with Crippen LogP contribution in [0.4, 0.5) is 4.39 Å². The molecule has 0 fully saturated rings. The van der Waals surface area contributed by atoms with E-state index in [2.05, 4.69) is 10.6 Å². The lowest BCUT2D eigenvalue weighted by molar-refractivity contribution is -0.123. The SMILES string of the molecule is NC(=O)CNC(=O)c1ccc(CNC(=O)COc2ccc(F)cc2)cc1. The van der Waals surface area contributed by atoms with Gasteiger partial charge >= 0.3 is 0 Å². The smallest absolute Gasteiger partial charge is 0.258 e. The standard InChI is InChI=1S/C18H18FN3O4/c19-14-5-7-15(8-6-14)26-11-17(24)21-9-12-1-3-13(4-2-12)18(25)22-10-16(20)23/h1-8H,9-11H2,(H2,20,23)(H,21,24)(H,22,25). The molecule has 0 aliphatic carbocycles. The first kappa shape index (κ1) is 18.9. The lowest BCUT2D eigenvalue weighted by atomic mass is 10.1. The van der Waals surface area contributed by atoms with Crippen LogP contribution in [0.2, 0.25) is 0 Å². The normalized spacial score (nSPS) is 10.0. The fraction of sp³-hybridized carbons (Fsp3) is 0.167. The molecule has 0 saturated carbocycles. The predicted octanol–water partition coefficient (Wildman–Crippen LogP) is 0.736. The Morgan fingerprint density at radius 2 is 1.62 bits per heavy atom. The van der Waals surface area contributed by atoms with Crippen molar-refractivity contribution in [3.63, 3.8) is 0 Å². The lowest BCUT2D eigenvalue weighted by Gasteiger charge is -2.08. The molecule has 26 heavy (non-hydrogen) atoms. The number of hydrogen-bond donors (Lipinski definition) is 3. The molecule has 136 valence electrons. The molecule has 0 aliphatic heterocycles. The summed E-state index contributed by atoms with van der Waals surface area (Å²) in [4.78, 5) is 34.1. The van der Waals surface area contributed by atoms with Gasteiger partial charge in [0.1, 0.15) is 11.6 Å². The van der Waals surface area contributed by atoms with E-state index in [-0.39, 0.29) is 31.4 Å². The van der Waals surface area contributed by atoms with Crippen molar-refractivity contribution < 1.29 is 23.5 Å². The van der Waals surface area contributed by atoms with E-state index >= 15 is 0 Å². The molecule has 2 rings (SSSR count). The highest BCUT2D eigenvalue weighted by molar-refractivity contribution is 5.96. The summed E-state index contributed by atoms with van der Waals surface area (Å²) >= 11 is 0. The third-order valence-corrected chi connectivity index (χ3v) is 3.31. The van der Waals surface area contributed by atoms with E-state index in [1.807, 2.05) is 0 Å². The van der Waals surface area contributed by atoms with Crippen molar-refractivity contribution in [3.8, 4) is 5.75 Å². The monoisotopic (exact) mass is 359 g/mol. The number of nitrogens with two attached hydrogens (primary N) is 1. The number of ether oxygens (including phenoxy) is 1. The molecule has 0 spiro atoms. The van der Waals surface area contributed by atoms with Crippen LogP contribution in [0.5, 0.6) is 5.75 Å². The summed E-state index contributed by atoms with van der Waals surface area (Å²) in [6, 6.07) is 11.9. The number of carbonyl (C=O) groups excluding carboxylic acids is 3. The van der Waals surface area contributed by atoms with Crippen molar-refractivity contribution in [2.45, 2.75) is 6.54 Å². The van der Waals surface area contributed by atoms with Gasteiger partial charge in [-0.2, -0.15) is 0 Å². The zero-order chi connectivity index (χ0) is 18.9. The first-order chi connectivity index (χ1) is 12.4. The molecule has 2 aromatic rings. The second-order valence-corrected chi connectivity index (χ2v) is 5.37. The molecule has 0 atom stereocenters. The molecule has 7 nitrogen and oxygen atoms in total. The molecule has 0 radical (unpaired) electrons. The Kier molecular flexibility index (Phi) is 6.67. The molecule has 0 bridgehead atoms. The van der Waals surface area contributed by atoms with Gasteiger partial charge in [0.05, 0.1) is 6.54 Å². The number of hydrogen-bond acceptors (Lipinski definition) is 4. The van der Waals surface area contributed by atoms with Crippen molar-refractivity contribution in [2.24, 2.45) is 5.73 Å². The van der Waals surface area contributed by atoms with Gasteiger partial charge in [0.2, 0.25) is 5.91 Å². The molecule has 3 amide bonds. The first-order valence-electron chi connectivity index (χ1n) is 7.74. The molecule has 0 aromatic heterocycles. The lowest BCUT2D eigenvalue weighted by Crippen LogP contribution is -2.33. The summed E-state index contributed by atoms with van der Waals surface area (Å²) in [6.07, 6.45) is 0. The minimum absolute atomic E-state index is 0.195. The van der Waals surface area contributed by atoms with E-state index in [1.165, 1.54) is 24.3 Å². The number of primary amides is 1. The van der Waals surface area contributed by atoms with E-state index in [1.54, 1.807) is 24.3 Å². The van der Waals surface area contributed by atoms with Crippen LogP contribution in [0.15, 0.2) is 48.5 Å². The van der Waals surface area contributed by atoms with Gasteiger partial charge < -0.3 is 21.1 Å². The van der Waals surface area contributed by atoms with Gasteiger partial charge in [-0.05, 0) is 42.0 Å². The molecule has 0 aliphatic rings. The fourth-order valence-corrected chi connectivity index (χ4v) is 1.97. The van der Waals surface area contributed by atoms with Crippen LogP contribution in [0.3, 0.4) is 0 Å².